The van der Waals surface area contributed by atoms with E-state index in [0.29, 0.717) is 19.2 Å². The quantitative estimate of drug-likeness (QED) is 0.682. The molecule has 29 heavy (non-hydrogen) atoms. The number of rotatable bonds is 4. The maximum absolute atomic E-state index is 13.9. The number of nitrogens with zero attached hydrogens (tertiary/aromatic N) is 4. The van der Waals surface area contributed by atoms with Crippen molar-refractivity contribution in [1.29, 1.82) is 0 Å². The fourth-order valence-electron chi connectivity index (χ4n) is 3.48. The maximum Gasteiger partial charge on any atom is 0.224 e. The Hall–Kier alpha value is -3.20. The van der Waals surface area contributed by atoms with Crippen molar-refractivity contribution in [2.24, 2.45) is 5.73 Å². The topological polar surface area (TPSA) is 77.0 Å². The number of amides is 1. The van der Waals surface area contributed by atoms with Crippen LogP contribution >= 0.6 is 0 Å². The van der Waals surface area contributed by atoms with Crippen LogP contribution in [-0.4, -0.2) is 31.8 Å². The summed E-state index contributed by atoms with van der Waals surface area (Å²) in [7, 11) is 0. The number of fused-ring (bicyclic) bond motifs is 3. The van der Waals surface area contributed by atoms with Gasteiger partial charge in [-0.3, -0.25) is 4.79 Å². The Morgan fingerprint density at radius 2 is 1.86 bits per heavy atom. The van der Waals surface area contributed by atoms with Crippen LogP contribution in [0.15, 0.2) is 42.6 Å². The first kappa shape index (κ1) is 19.1. The van der Waals surface area contributed by atoms with Gasteiger partial charge in [0.25, 0.3) is 0 Å². The molecule has 0 radical (unpaired) electrons. The van der Waals surface area contributed by atoms with Gasteiger partial charge in [-0.25, -0.2) is 17.9 Å². The molecular formula is C20H18F3N5O. The lowest BCUT2D eigenvalue weighted by atomic mass is 10.0. The van der Waals surface area contributed by atoms with Gasteiger partial charge in [-0.1, -0.05) is 23.4 Å². The van der Waals surface area contributed by atoms with Crippen LogP contribution < -0.4 is 5.73 Å². The van der Waals surface area contributed by atoms with Crippen LogP contribution in [0, 0.1) is 17.5 Å². The zero-order chi connectivity index (χ0) is 20.5. The molecule has 0 saturated carbocycles. The fourth-order valence-corrected chi connectivity index (χ4v) is 3.48. The largest absolute Gasteiger partial charge is 0.332 e. The summed E-state index contributed by atoms with van der Waals surface area (Å²) in [5.41, 5.74) is 8.47. The van der Waals surface area contributed by atoms with Gasteiger partial charge in [0, 0.05) is 25.1 Å². The minimum atomic E-state index is -1.26. The predicted octanol–water partition coefficient (Wildman–Crippen LogP) is 2.49. The van der Waals surface area contributed by atoms with E-state index in [1.807, 2.05) is 24.3 Å². The van der Waals surface area contributed by atoms with E-state index >= 15 is 0 Å². The van der Waals surface area contributed by atoms with Gasteiger partial charge in [-0.2, -0.15) is 0 Å². The Morgan fingerprint density at radius 3 is 2.69 bits per heavy atom. The van der Waals surface area contributed by atoms with Gasteiger partial charge in [-0.05, 0) is 29.7 Å². The Bertz CT molecular complexity index is 1070. The number of benzene rings is 2. The summed E-state index contributed by atoms with van der Waals surface area (Å²) >= 11 is 0. The second-order valence-corrected chi connectivity index (χ2v) is 7.04. The Kier molecular flexibility index (Phi) is 5.06. The molecule has 6 nitrogen and oxygen atoms in total. The van der Waals surface area contributed by atoms with E-state index in [4.69, 9.17) is 5.73 Å². The van der Waals surface area contributed by atoms with Crippen LogP contribution in [0.25, 0.3) is 5.69 Å². The van der Waals surface area contributed by atoms with Gasteiger partial charge < -0.3 is 10.6 Å². The second-order valence-electron chi connectivity index (χ2n) is 7.04. The van der Waals surface area contributed by atoms with Gasteiger partial charge in [-0.15, -0.1) is 5.10 Å². The van der Waals surface area contributed by atoms with E-state index in [2.05, 4.69) is 10.3 Å². The standard InChI is InChI=1S/C20H18F3N5O/c21-16-8-18(23)17(22)6-13(16)5-14(24)7-20(29)27-10-12-3-1-2-4-19(12)28-15(11-27)9-25-26-28/h1-4,6,8-9,14H,5,7,10-11,24H2/t14-/m1/s1. The molecule has 1 atom stereocenters. The highest BCUT2D eigenvalue weighted by molar-refractivity contribution is 5.77. The molecule has 2 N–H and O–H groups in total. The Balaban J connectivity index is 1.50. The van der Waals surface area contributed by atoms with E-state index in [0.717, 1.165) is 23.0 Å². The van der Waals surface area contributed by atoms with Crippen LogP contribution in [0.3, 0.4) is 0 Å². The monoisotopic (exact) mass is 401 g/mol. The lowest BCUT2D eigenvalue weighted by Gasteiger charge is -2.22. The Morgan fingerprint density at radius 1 is 1.10 bits per heavy atom. The average molecular weight is 401 g/mol. The highest BCUT2D eigenvalue weighted by Gasteiger charge is 2.25. The number of aromatic nitrogens is 3. The number of carbonyl (C=O) groups is 1. The lowest BCUT2D eigenvalue weighted by molar-refractivity contribution is -0.132. The molecule has 150 valence electrons. The number of carbonyl (C=O) groups excluding carboxylic acids is 1. The minimum absolute atomic E-state index is 0.0623. The minimum Gasteiger partial charge on any atom is -0.332 e. The third-order valence-electron chi connectivity index (χ3n) is 4.91. The third-order valence-corrected chi connectivity index (χ3v) is 4.91. The van der Waals surface area contributed by atoms with Crippen molar-refractivity contribution >= 4 is 5.91 Å². The van der Waals surface area contributed by atoms with Gasteiger partial charge in [0.2, 0.25) is 5.91 Å². The molecule has 2 heterocycles. The van der Waals surface area contributed by atoms with E-state index in [1.54, 1.807) is 15.8 Å². The molecule has 3 aromatic rings. The molecule has 0 unspecified atom stereocenters. The van der Waals surface area contributed by atoms with Crippen molar-refractivity contribution in [1.82, 2.24) is 19.9 Å². The normalized spacial score (nSPS) is 14.1. The maximum atomic E-state index is 13.9. The average Bonchev–Trinajstić information content (AvgIpc) is 3.07. The number of hydrogen-bond donors (Lipinski definition) is 1. The zero-order valence-corrected chi connectivity index (χ0v) is 15.4. The molecule has 1 aliphatic rings. The van der Waals surface area contributed by atoms with Crippen LogP contribution in [0.5, 0.6) is 0 Å². The smallest absolute Gasteiger partial charge is 0.224 e. The third kappa shape index (κ3) is 3.86. The van der Waals surface area contributed by atoms with Crippen molar-refractivity contribution in [3.8, 4) is 5.69 Å². The van der Waals surface area contributed by atoms with Crippen LogP contribution in [0.1, 0.15) is 23.2 Å². The van der Waals surface area contributed by atoms with E-state index in [1.165, 1.54) is 0 Å². The highest BCUT2D eigenvalue weighted by atomic mass is 19.2. The van der Waals surface area contributed by atoms with Gasteiger partial charge in [0.15, 0.2) is 11.6 Å². The van der Waals surface area contributed by atoms with Gasteiger partial charge >= 0.3 is 0 Å². The van der Waals surface area contributed by atoms with Gasteiger partial charge in [0.1, 0.15) is 5.82 Å². The number of halogens is 3. The molecule has 9 heteroatoms. The molecule has 0 aliphatic carbocycles. The summed E-state index contributed by atoms with van der Waals surface area (Å²) in [5, 5.41) is 8.01. The molecule has 2 aromatic carbocycles. The first-order valence-electron chi connectivity index (χ1n) is 9.07. The SMILES string of the molecule is N[C@@H](CC(=O)N1Cc2ccccc2-n2nncc2C1)Cc1cc(F)c(F)cc1F. The number of nitrogens with two attached hydrogens (primary N) is 1. The summed E-state index contributed by atoms with van der Waals surface area (Å²) in [6.07, 6.45) is 1.44. The fraction of sp³-hybridized carbons (Fsp3) is 0.250. The lowest BCUT2D eigenvalue weighted by Crippen LogP contribution is -2.36. The van der Waals surface area contributed by atoms with Crippen molar-refractivity contribution in [3.05, 3.63) is 76.9 Å². The van der Waals surface area contributed by atoms with Gasteiger partial charge in [0.05, 0.1) is 24.1 Å². The predicted molar refractivity (Wildman–Crippen MR) is 98.2 cm³/mol. The highest BCUT2D eigenvalue weighted by Crippen LogP contribution is 2.24. The van der Waals surface area contributed by atoms with Crippen LogP contribution in [0.4, 0.5) is 13.2 Å². The molecule has 0 saturated heterocycles. The molecule has 4 rings (SSSR count). The van der Waals surface area contributed by atoms with E-state index in [-0.39, 0.29) is 24.3 Å². The molecule has 0 spiro atoms. The van der Waals surface area contributed by atoms with Crippen molar-refractivity contribution < 1.29 is 18.0 Å². The summed E-state index contributed by atoms with van der Waals surface area (Å²) in [4.78, 5) is 14.5. The number of hydrogen-bond acceptors (Lipinski definition) is 4. The first-order chi connectivity index (χ1) is 13.9. The Labute approximate surface area is 164 Å². The molecule has 1 amide bonds. The molecule has 1 aliphatic heterocycles. The van der Waals surface area contributed by atoms with E-state index < -0.39 is 23.5 Å². The first-order valence-corrected chi connectivity index (χ1v) is 9.07. The molecule has 0 bridgehead atoms. The van der Waals surface area contributed by atoms with Crippen LogP contribution in [0.2, 0.25) is 0 Å². The zero-order valence-electron chi connectivity index (χ0n) is 15.4. The summed E-state index contributed by atoms with van der Waals surface area (Å²) < 4.78 is 42.0. The number of para-hydroxylation sites is 1. The molecule has 1 aromatic heterocycles. The van der Waals surface area contributed by atoms with E-state index in [9.17, 15) is 18.0 Å². The van der Waals surface area contributed by atoms with Crippen molar-refractivity contribution in [2.45, 2.75) is 32.0 Å². The summed E-state index contributed by atoms with van der Waals surface area (Å²) in [5.74, 6) is -3.52. The molecule has 0 fully saturated rings. The summed E-state index contributed by atoms with van der Waals surface area (Å²) in [6, 6.07) is 8.08. The molecular weight excluding hydrogens is 383 g/mol. The van der Waals surface area contributed by atoms with Crippen molar-refractivity contribution in [3.63, 3.8) is 0 Å². The van der Waals surface area contributed by atoms with Crippen LogP contribution in [-0.2, 0) is 24.3 Å². The summed E-state index contributed by atoms with van der Waals surface area (Å²) in [6.45, 7) is 0.664. The van der Waals surface area contributed by atoms with Crippen molar-refractivity contribution in [2.75, 3.05) is 0 Å². The second kappa shape index (κ2) is 7.67.